The van der Waals surface area contributed by atoms with E-state index in [-0.39, 0.29) is 25.3 Å². The van der Waals surface area contributed by atoms with E-state index in [0.717, 1.165) is 0 Å². The van der Waals surface area contributed by atoms with Gasteiger partial charge in [-0.3, -0.25) is 0 Å². The van der Waals surface area contributed by atoms with Crippen LogP contribution in [0.15, 0.2) is 12.2 Å². The molecule has 0 aromatic heterocycles. The van der Waals surface area contributed by atoms with E-state index in [0.29, 0.717) is 6.54 Å². The molecule has 1 amide bonds. The molecule has 0 aliphatic heterocycles. The van der Waals surface area contributed by atoms with E-state index in [1.165, 1.54) is 6.92 Å². The Morgan fingerprint density at radius 1 is 1.10 bits per heavy atom. The van der Waals surface area contributed by atoms with E-state index in [9.17, 15) is 14.4 Å². The van der Waals surface area contributed by atoms with Gasteiger partial charge in [-0.2, -0.15) is 0 Å². The van der Waals surface area contributed by atoms with Crippen molar-refractivity contribution < 1.29 is 28.6 Å². The van der Waals surface area contributed by atoms with Crippen LogP contribution in [0, 0.1) is 0 Å². The summed E-state index contributed by atoms with van der Waals surface area (Å²) in [6.07, 6.45) is -0.786. The summed E-state index contributed by atoms with van der Waals surface area (Å²) in [5.41, 5.74) is 0.276. The molecule has 0 heterocycles. The van der Waals surface area contributed by atoms with Crippen LogP contribution in [0.25, 0.3) is 0 Å². The van der Waals surface area contributed by atoms with E-state index in [1.807, 2.05) is 19.0 Å². The standard InChI is InChI=1S/C13H22N2O6/c1-10(2)12(17)20-7-5-14-13(18)21-9-11(16)19-8-6-15(3)4/h1,5-9H2,2-4H3,(H,14,18). The highest BCUT2D eigenvalue weighted by atomic mass is 16.6. The third-order valence-corrected chi connectivity index (χ3v) is 2.08. The lowest BCUT2D eigenvalue weighted by Crippen LogP contribution is -2.31. The third kappa shape index (κ3) is 11.4. The Morgan fingerprint density at radius 2 is 1.76 bits per heavy atom. The first-order chi connectivity index (χ1) is 9.82. The first-order valence-corrected chi connectivity index (χ1v) is 6.36. The van der Waals surface area contributed by atoms with Crippen LogP contribution in [0.3, 0.4) is 0 Å². The summed E-state index contributed by atoms with van der Waals surface area (Å²) >= 11 is 0. The Balaban J connectivity index is 3.60. The van der Waals surface area contributed by atoms with Gasteiger partial charge in [0.1, 0.15) is 13.2 Å². The highest BCUT2D eigenvalue weighted by molar-refractivity contribution is 5.86. The highest BCUT2D eigenvalue weighted by Crippen LogP contribution is 1.91. The maximum atomic E-state index is 11.2. The summed E-state index contributed by atoms with van der Waals surface area (Å²) in [5.74, 6) is -1.16. The van der Waals surface area contributed by atoms with Crippen LogP contribution in [-0.2, 0) is 23.8 Å². The summed E-state index contributed by atoms with van der Waals surface area (Å²) in [5, 5.41) is 2.32. The lowest BCUT2D eigenvalue weighted by atomic mass is 10.4. The van der Waals surface area contributed by atoms with Gasteiger partial charge in [-0.25, -0.2) is 14.4 Å². The summed E-state index contributed by atoms with van der Waals surface area (Å²) in [6.45, 7) is 5.35. The van der Waals surface area contributed by atoms with Crippen LogP contribution < -0.4 is 5.32 Å². The molecule has 1 N–H and O–H groups in total. The van der Waals surface area contributed by atoms with Crippen molar-refractivity contribution in [2.75, 3.05) is 47.0 Å². The van der Waals surface area contributed by atoms with Crippen LogP contribution in [0.5, 0.6) is 0 Å². The van der Waals surface area contributed by atoms with E-state index >= 15 is 0 Å². The number of nitrogens with one attached hydrogen (secondary N) is 1. The Kier molecular flexibility index (Phi) is 9.61. The number of rotatable bonds is 9. The smallest absolute Gasteiger partial charge is 0.407 e. The fourth-order valence-electron chi connectivity index (χ4n) is 0.979. The maximum absolute atomic E-state index is 11.2. The molecule has 0 aliphatic carbocycles. The molecule has 0 atom stereocenters. The molecular formula is C13H22N2O6. The van der Waals surface area contributed by atoms with Gasteiger partial charge in [0, 0.05) is 12.1 Å². The second-order valence-electron chi connectivity index (χ2n) is 4.44. The predicted octanol–water partition coefficient (Wildman–Crippen LogP) is -0.0633. The number of alkyl carbamates (subject to hydrolysis) is 1. The Hall–Kier alpha value is -2.09. The topological polar surface area (TPSA) is 94.2 Å². The highest BCUT2D eigenvalue weighted by Gasteiger charge is 2.08. The van der Waals surface area contributed by atoms with E-state index < -0.39 is 24.6 Å². The van der Waals surface area contributed by atoms with E-state index in [4.69, 9.17) is 9.47 Å². The molecule has 0 saturated carbocycles. The number of hydrogen-bond donors (Lipinski definition) is 1. The van der Waals surface area contributed by atoms with Crippen LogP contribution in [0.2, 0.25) is 0 Å². The number of esters is 2. The van der Waals surface area contributed by atoms with Crippen molar-refractivity contribution in [3.8, 4) is 0 Å². The van der Waals surface area contributed by atoms with Crippen molar-refractivity contribution in [1.82, 2.24) is 10.2 Å². The summed E-state index contributed by atoms with van der Waals surface area (Å²) < 4.78 is 14.2. The number of carbonyl (C=O) groups excluding carboxylic acids is 3. The zero-order valence-electron chi connectivity index (χ0n) is 12.6. The van der Waals surface area contributed by atoms with Crippen molar-refractivity contribution in [3.05, 3.63) is 12.2 Å². The zero-order chi connectivity index (χ0) is 16.3. The first kappa shape index (κ1) is 18.9. The SMILES string of the molecule is C=C(C)C(=O)OCCNC(=O)OCC(=O)OCCN(C)C. The van der Waals surface area contributed by atoms with Crippen molar-refractivity contribution in [2.24, 2.45) is 0 Å². The second-order valence-corrected chi connectivity index (χ2v) is 4.44. The lowest BCUT2D eigenvalue weighted by Gasteiger charge is -2.10. The van der Waals surface area contributed by atoms with Gasteiger partial charge in [-0.05, 0) is 21.0 Å². The molecule has 8 nitrogen and oxygen atoms in total. The molecule has 0 fully saturated rings. The molecule has 0 aromatic carbocycles. The van der Waals surface area contributed by atoms with Crippen molar-refractivity contribution in [2.45, 2.75) is 6.92 Å². The van der Waals surface area contributed by atoms with Gasteiger partial charge in [-0.15, -0.1) is 0 Å². The summed E-state index contributed by atoms with van der Waals surface area (Å²) in [4.78, 5) is 35.3. The molecule has 0 saturated heterocycles. The fraction of sp³-hybridized carbons (Fsp3) is 0.615. The van der Waals surface area contributed by atoms with Crippen LogP contribution in [0.1, 0.15) is 6.92 Å². The molecule has 21 heavy (non-hydrogen) atoms. The average Bonchev–Trinajstić information content (AvgIpc) is 2.40. The third-order valence-electron chi connectivity index (χ3n) is 2.08. The van der Waals surface area contributed by atoms with Crippen molar-refractivity contribution in [3.63, 3.8) is 0 Å². The number of likely N-dealkylation sites (N-methyl/N-ethyl adjacent to an activating group) is 1. The van der Waals surface area contributed by atoms with Gasteiger partial charge >= 0.3 is 18.0 Å². The Morgan fingerprint density at radius 3 is 2.33 bits per heavy atom. The largest absolute Gasteiger partial charge is 0.462 e. The minimum atomic E-state index is -0.786. The van der Waals surface area contributed by atoms with Gasteiger partial charge in [0.25, 0.3) is 0 Å². The molecule has 0 aromatic rings. The normalized spacial score (nSPS) is 9.90. The summed E-state index contributed by atoms with van der Waals surface area (Å²) in [7, 11) is 3.69. The number of nitrogens with zero attached hydrogens (tertiary/aromatic N) is 1. The van der Waals surface area contributed by atoms with Gasteiger partial charge < -0.3 is 24.4 Å². The predicted molar refractivity (Wildman–Crippen MR) is 74.6 cm³/mol. The zero-order valence-corrected chi connectivity index (χ0v) is 12.6. The molecular weight excluding hydrogens is 280 g/mol. The van der Waals surface area contributed by atoms with Crippen molar-refractivity contribution in [1.29, 1.82) is 0 Å². The maximum Gasteiger partial charge on any atom is 0.407 e. The Bertz CT molecular complexity index is 381. The second kappa shape index (κ2) is 10.7. The minimum absolute atomic E-state index is 0.00588. The molecule has 8 heteroatoms. The average molecular weight is 302 g/mol. The number of amides is 1. The molecule has 0 radical (unpaired) electrons. The minimum Gasteiger partial charge on any atom is -0.462 e. The van der Waals surface area contributed by atoms with E-state index in [1.54, 1.807) is 0 Å². The van der Waals surface area contributed by atoms with Crippen molar-refractivity contribution >= 4 is 18.0 Å². The van der Waals surface area contributed by atoms with Gasteiger partial charge in [0.05, 0.1) is 6.54 Å². The molecule has 0 rings (SSSR count). The van der Waals surface area contributed by atoms with Gasteiger partial charge in [0.15, 0.2) is 6.61 Å². The number of carbonyl (C=O) groups is 3. The molecule has 0 spiro atoms. The van der Waals surface area contributed by atoms with E-state index in [2.05, 4.69) is 16.6 Å². The molecule has 0 bridgehead atoms. The summed E-state index contributed by atoms with van der Waals surface area (Å²) in [6, 6.07) is 0. The number of hydrogen-bond acceptors (Lipinski definition) is 7. The van der Waals surface area contributed by atoms with Gasteiger partial charge in [-0.1, -0.05) is 6.58 Å². The molecule has 0 aliphatic rings. The van der Waals surface area contributed by atoms with Gasteiger partial charge in [0.2, 0.25) is 0 Å². The molecule has 0 unspecified atom stereocenters. The lowest BCUT2D eigenvalue weighted by molar-refractivity contribution is -0.147. The first-order valence-electron chi connectivity index (χ1n) is 6.36. The van der Waals surface area contributed by atoms with Crippen LogP contribution in [-0.4, -0.2) is 69.9 Å². The quantitative estimate of drug-likeness (QED) is 0.276. The number of ether oxygens (including phenoxy) is 3. The molecule has 120 valence electrons. The van der Waals surface area contributed by atoms with Crippen LogP contribution in [0.4, 0.5) is 4.79 Å². The monoisotopic (exact) mass is 302 g/mol. The fourth-order valence-corrected chi connectivity index (χ4v) is 0.979. The Labute approximate surface area is 124 Å². The van der Waals surface area contributed by atoms with Crippen LogP contribution >= 0.6 is 0 Å².